The second-order valence-corrected chi connectivity index (χ2v) is 8.50. The van der Waals surface area contributed by atoms with Crippen molar-refractivity contribution in [3.05, 3.63) is 41.6 Å². The minimum Gasteiger partial charge on any atom is -0.477 e. The highest BCUT2D eigenvalue weighted by atomic mass is 32.2. The number of ether oxygens (including phenoxy) is 1. The largest absolute Gasteiger partial charge is 0.477 e. The zero-order valence-electron chi connectivity index (χ0n) is 14.4. The Balaban J connectivity index is 1.65. The monoisotopic (exact) mass is 410 g/mol. The molecule has 2 aliphatic rings. The number of aliphatic carboxylic acids is 1. The molecule has 1 fully saturated rings. The molecule has 1 saturated heterocycles. The van der Waals surface area contributed by atoms with Crippen LogP contribution in [0, 0.1) is 0 Å². The first-order chi connectivity index (χ1) is 12.9. The lowest BCUT2D eigenvalue weighted by Gasteiger charge is -2.49. The van der Waals surface area contributed by atoms with Gasteiger partial charge in [0.25, 0.3) is 5.91 Å². The van der Waals surface area contributed by atoms with Crippen LogP contribution in [-0.4, -0.2) is 68.6 Å². The first-order valence-corrected chi connectivity index (χ1v) is 10.4. The number of carboxylic acids is 1. The molecule has 0 radical (unpaired) electrons. The molecule has 0 aromatic heterocycles. The lowest BCUT2D eigenvalue weighted by atomic mass is 10.0. The molecule has 8 nitrogen and oxygen atoms in total. The number of nitrogens with zero attached hydrogens (tertiary/aromatic N) is 1. The Morgan fingerprint density at radius 2 is 2.07 bits per heavy atom. The number of thioether (sulfide) groups is 1. The van der Waals surface area contributed by atoms with Crippen LogP contribution in [0.1, 0.15) is 0 Å². The fraction of sp³-hybridized carbons (Fsp3) is 0.353. The summed E-state index contributed by atoms with van der Waals surface area (Å²) in [7, 11) is -0.0599. The van der Waals surface area contributed by atoms with E-state index in [1.165, 1.54) is 23.8 Å². The molecule has 2 aliphatic heterocycles. The number of β-lactam (4-membered cyclic amide) rings is 1. The van der Waals surface area contributed by atoms with E-state index in [0.29, 0.717) is 16.2 Å². The molecule has 2 heterocycles. The number of nitrogens with one attached hydrogen (secondary N) is 1. The summed E-state index contributed by atoms with van der Waals surface area (Å²) in [5, 5.41) is 11.5. The number of hydrogen-bond donors (Lipinski definition) is 2. The molecular weight excluding hydrogens is 392 g/mol. The number of benzene rings is 1. The lowest BCUT2D eigenvalue weighted by molar-refractivity contribution is -0.150. The third-order valence-corrected chi connectivity index (χ3v) is 6.82. The van der Waals surface area contributed by atoms with Crippen molar-refractivity contribution >= 4 is 40.3 Å². The highest BCUT2D eigenvalue weighted by molar-refractivity contribution is 8.00. The van der Waals surface area contributed by atoms with Gasteiger partial charge in [0.15, 0.2) is 0 Å². The number of fused-ring (bicyclic) bond motifs is 1. The van der Waals surface area contributed by atoms with E-state index in [9.17, 15) is 23.7 Å². The SMILES string of the molecule is COCC1=C(C(=O)O)N2C(=O)C(NC(=O)CS(=O)c3ccccc3)[C@@H]2SC1. The van der Waals surface area contributed by atoms with E-state index in [1.807, 2.05) is 0 Å². The van der Waals surface area contributed by atoms with Crippen molar-refractivity contribution in [1.82, 2.24) is 10.2 Å². The fourth-order valence-electron chi connectivity index (χ4n) is 2.96. The molecule has 10 heteroatoms. The Morgan fingerprint density at radius 3 is 2.70 bits per heavy atom. The van der Waals surface area contributed by atoms with E-state index in [-0.39, 0.29) is 18.1 Å². The Hall–Kier alpha value is -2.17. The van der Waals surface area contributed by atoms with Gasteiger partial charge in [-0.1, -0.05) is 18.2 Å². The van der Waals surface area contributed by atoms with Crippen molar-refractivity contribution in [2.45, 2.75) is 16.3 Å². The summed E-state index contributed by atoms with van der Waals surface area (Å²) in [6.07, 6.45) is 0. The molecule has 0 saturated carbocycles. The molecular formula is C17H18N2O6S2. The smallest absolute Gasteiger partial charge is 0.352 e. The predicted molar refractivity (Wildman–Crippen MR) is 99.3 cm³/mol. The molecule has 0 bridgehead atoms. The normalized spacial score (nSPS) is 22.7. The van der Waals surface area contributed by atoms with Gasteiger partial charge in [-0.15, -0.1) is 11.8 Å². The fourth-order valence-corrected chi connectivity index (χ4v) is 5.23. The number of carbonyl (C=O) groups is 3. The van der Waals surface area contributed by atoms with Crippen LogP contribution in [0.15, 0.2) is 46.5 Å². The Morgan fingerprint density at radius 1 is 1.37 bits per heavy atom. The van der Waals surface area contributed by atoms with Crippen LogP contribution in [0.5, 0.6) is 0 Å². The molecule has 27 heavy (non-hydrogen) atoms. The van der Waals surface area contributed by atoms with Gasteiger partial charge in [0, 0.05) is 17.8 Å². The average molecular weight is 410 g/mol. The molecule has 3 rings (SSSR count). The van der Waals surface area contributed by atoms with Crippen LogP contribution >= 0.6 is 11.8 Å². The zero-order valence-corrected chi connectivity index (χ0v) is 16.0. The first kappa shape index (κ1) is 19.6. The number of hydrogen-bond acceptors (Lipinski definition) is 6. The number of rotatable bonds is 7. The standard InChI is InChI=1S/C17H18N2O6S2/c1-25-7-10-8-26-16-13(15(21)19(16)14(10)17(22)23)18-12(20)9-27(24)11-5-3-2-4-6-11/h2-6,13,16H,7-9H2,1H3,(H,18,20)(H,22,23)/t13?,16-,27?/m0/s1. The molecule has 2 N–H and O–H groups in total. The van der Waals surface area contributed by atoms with Crippen molar-refractivity contribution in [1.29, 1.82) is 0 Å². The Kier molecular flexibility index (Phi) is 5.98. The van der Waals surface area contributed by atoms with E-state index in [1.54, 1.807) is 30.3 Å². The molecule has 0 spiro atoms. The second kappa shape index (κ2) is 8.24. The third-order valence-electron chi connectivity index (χ3n) is 4.15. The van der Waals surface area contributed by atoms with E-state index >= 15 is 0 Å². The van der Waals surface area contributed by atoms with Gasteiger partial charge in [0.2, 0.25) is 5.91 Å². The Labute approximate surface area is 162 Å². The van der Waals surface area contributed by atoms with Crippen LogP contribution in [0.4, 0.5) is 0 Å². The average Bonchev–Trinajstić information content (AvgIpc) is 2.66. The van der Waals surface area contributed by atoms with Crippen LogP contribution < -0.4 is 5.32 Å². The zero-order chi connectivity index (χ0) is 19.6. The number of carbonyl (C=O) groups excluding carboxylic acids is 2. The highest BCUT2D eigenvalue weighted by Gasteiger charge is 2.54. The summed E-state index contributed by atoms with van der Waals surface area (Å²) < 4.78 is 17.2. The van der Waals surface area contributed by atoms with Crippen LogP contribution in [0.2, 0.25) is 0 Å². The van der Waals surface area contributed by atoms with E-state index in [4.69, 9.17) is 4.74 Å². The van der Waals surface area contributed by atoms with Gasteiger partial charge >= 0.3 is 5.97 Å². The van der Waals surface area contributed by atoms with Gasteiger partial charge in [-0.3, -0.25) is 18.7 Å². The first-order valence-electron chi connectivity index (χ1n) is 8.05. The number of methoxy groups -OCH3 is 1. The Bertz CT molecular complexity index is 826. The van der Waals surface area contributed by atoms with Gasteiger partial charge in [-0.05, 0) is 17.7 Å². The molecule has 2 amide bonds. The van der Waals surface area contributed by atoms with Crippen LogP contribution in [-0.2, 0) is 29.9 Å². The van der Waals surface area contributed by atoms with Crippen LogP contribution in [0.25, 0.3) is 0 Å². The van der Waals surface area contributed by atoms with Gasteiger partial charge in [-0.25, -0.2) is 4.79 Å². The van der Waals surface area contributed by atoms with Crippen molar-refractivity contribution in [2.24, 2.45) is 0 Å². The van der Waals surface area contributed by atoms with Gasteiger partial charge in [0.05, 0.1) is 17.4 Å². The quantitative estimate of drug-likeness (QED) is 0.617. The minimum atomic E-state index is -1.52. The highest BCUT2D eigenvalue weighted by Crippen LogP contribution is 2.40. The van der Waals surface area contributed by atoms with Gasteiger partial charge in [0.1, 0.15) is 22.9 Å². The summed E-state index contributed by atoms with van der Waals surface area (Å²) in [6.45, 7) is 0.123. The summed E-state index contributed by atoms with van der Waals surface area (Å²) >= 11 is 1.36. The summed E-state index contributed by atoms with van der Waals surface area (Å²) in [6, 6.07) is 7.75. The predicted octanol–water partition coefficient (Wildman–Crippen LogP) is 0.179. The second-order valence-electron chi connectivity index (χ2n) is 5.95. The molecule has 1 aromatic rings. The third kappa shape index (κ3) is 3.92. The minimum absolute atomic E-state index is 0.0797. The van der Waals surface area contributed by atoms with Gasteiger partial charge in [-0.2, -0.15) is 0 Å². The van der Waals surface area contributed by atoms with E-state index in [2.05, 4.69) is 5.32 Å². The molecule has 1 aromatic carbocycles. The topological polar surface area (TPSA) is 113 Å². The van der Waals surface area contributed by atoms with Crippen molar-refractivity contribution < 1.29 is 28.4 Å². The van der Waals surface area contributed by atoms with Crippen molar-refractivity contribution in [2.75, 3.05) is 25.2 Å². The summed E-state index contributed by atoms with van der Waals surface area (Å²) in [5.74, 6) is -2.07. The summed E-state index contributed by atoms with van der Waals surface area (Å²) in [4.78, 5) is 37.9. The number of carboxylic acid groups (broad SMARTS) is 1. The maximum Gasteiger partial charge on any atom is 0.352 e. The van der Waals surface area contributed by atoms with Crippen molar-refractivity contribution in [3.63, 3.8) is 0 Å². The number of amides is 2. The maximum absolute atomic E-state index is 12.4. The molecule has 2 unspecified atom stereocenters. The van der Waals surface area contributed by atoms with Crippen molar-refractivity contribution in [3.8, 4) is 0 Å². The van der Waals surface area contributed by atoms with E-state index in [0.717, 1.165) is 0 Å². The molecule has 3 atom stereocenters. The van der Waals surface area contributed by atoms with Gasteiger partial charge < -0.3 is 15.2 Å². The molecule has 0 aliphatic carbocycles. The van der Waals surface area contributed by atoms with Crippen LogP contribution in [0.3, 0.4) is 0 Å². The maximum atomic E-state index is 12.4. The lowest BCUT2D eigenvalue weighted by Crippen LogP contribution is -2.70. The summed E-state index contributed by atoms with van der Waals surface area (Å²) in [5.41, 5.74) is 0.443. The molecule has 144 valence electrons. The van der Waals surface area contributed by atoms with E-state index < -0.39 is 40.0 Å².